The minimum absolute atomic E-state index is 0. The van der Waals surface area contributed by atoms with Crippen LogP contribution in [-0.2, 0) is 10.0 Å². The molecule has 234 valence electrons. The molecule has 44 heavy (non-hydrogen) atoms. The highest BCUT2D eigenvalue weighted by Gasteiger charge is 2.22. The standard InChI is InChI=1S/C32H36N4O6S.ClH/c1-22-29(37)25-20-24(34-43(3,39)40)21-26(31(25)42-30(22)23-10-5-4-6-11-23)32(38)33-14-9-15-35-16-18-36(19-17-35)27-12-7-8-13-28(27)41-2;/h4-8,10-13,20-21,34H,9,14-19H2,1-3H3,(H,33,38);1H. The van der Waals surface area contributed by atoms with Crippen LogP contribution in [0.15, 0.2) is 75.9 Å². The van der Waals surface area contributed by atoms with Crippen molar-refractivity contribution in [3.8, 4) is 17.1 Å². The summed E-state index contributed by atoms with van der Waals surface area (Å²) in [5, 5.41) is 3.06. The Labute approximate surface area is 263 Å². The van der Waals surface area contributed by atoms with Crippen LogP contribution in [0.1, 0.15) is 22.3 Å². The number of ether oxygens (including phenoxy) is 1. The van der Waals surface area contributed by atoms with Crippen molar-refractivity contribution in [2.24, 2.45) is 0 Å². The average Bonchev–Trinajstić information content (AvgIpc) is 3.00. The lowest BCUT2D eigenvalue weighted by Crippen LogP contribution is -2.47. The third kappa shape index (κ3) is 7.53. The lowest BCUT2D eigenvalue weighted by atomic mass is 10.0. The summed E-state index contributed by atoms with van der Waals surface area (Å²) in [5.41, 5.74) is 2.14. The first-order valence-electron chi connectivity index (χ1n) is 14.2. The van der Waals surface area contributed by atoms with E-state index in [2.05, 4.69) is 25.9 Å². The summed E-state index contributed by atoms with van der Waals surface area (Å²) in [4.78, 5) is 31.5. The number of sulfonamides is 1. The Morgan fingerprint density at radius 3 is 2.36 bits per heavy atom. The largest absolute Gasteiger partial charge is 0.495 e. The number of rotatable bonds is 10. The normalized spacial score (nSPS) is 13.8. The SMILES string of the molecule is COc1ccccc1N1CCN(CCCNC(=O)c2cc(NS(C)(=O)=O)cc3c(=O)c(C)c(-c4ccccc4)oc23)CC1.Cl. The summed E-state index contributed by atoms with van der Waals surface area (Å²) in [6.45, 7) is 6.40. The van der Waals surface area contributed by atoms with Crippen molar-refractivity contribution in [1.82, 2.24) is 10.2 Å². The van der Waals surface area contributed by atoms with E-state index in [9.17, 15) is 18.0 Å². The van der Waals surface area contributed by atoms with Gasteiger partial charge in [0.2, 0.25) is 10.0 Å². The first kappa shape index (κ1) is 32.8. The fourth-order valence-corrected chi connectivity index (χ4v) is 5.95. The number of hydrogen-bond donors (Lipinski definition) is 2. The Balaban J connectivity index is 0.00000442. The summed E-state index contributed by atoms with van der Waals surface area (Å²) in [5.74, 6) is 0.779. The van der Waals surface area contributed by atoms with Crippen molar-refractivity contribution in [2.75, 3.05) is 62.3 Å². The number of halogens is 1. The van der Waals surface area contributed by atoms with E-state index in [0.717, 1.165) is 56.8 Å². The Kier molecular flexibility index (Phi) is 10.6. The van der Waals surface area contributed by atoms with E-state index >= 15 is 0 Å². The van der Waals surface area contributed by atoms with Gasteiger partial charge in [-0.15, -0.1) is 12.4 Å². The van der Waals surface area contributed by atoms with Gasteiger partial charge >= 0.3 is 0 Å². The van der Waals surface area contributed by atoms with Gasteiger partial charge in [-0.2, -0.15) is 0 Å². The van der Waals surface area contributed by atoms with Crippen LogP contribution in [0.25, 0.3) is 22.3 Å². The van der Waals surface area contributed by atoms with Crippen molar-refractivity contribution < 1.29 is 22.4 Å². The molecule has 3 aromatic carbocycles. The molecular formula is C32H37ClN4O6S. The number of nitrogens with zero attached hydrogens (tertiary/aromatic N) is 2. The molecular weight excluding hydrogens is 604 g/mol. The van der Waals surface area contributed by atoms with Gasteiger partial charge in [0.15, 0.2) is 11.0 Å². The highest BCUT2D eigenvalue weighted by Crippen LogP contribution is 2.30. The fraction of sp³-hybridized carbons (Fsp3) is 0.312. The lowest BCUT2D eigenvalue weighted by Gasteiger charge is -2.36. The molecule has 0 radical (unpaired) electrons. The lowest BCUT2D eigenvalue weighted by molar-refractivity contribution is 0.0952. The smallest absolute Gasteiger partial charge is 0.255 e. The van der Waals surface area contributed by atoms with E-state index in [4.69, 9.17) is 9.15 Å². The van der Waals surface area contributed by atoms with Crippen molar-refractivity contribution in [3.63, 3.8) is 0 Å². The van der Waals surface area contributed by atoms with Crippen LogP contribution in [-0.4, -0.2) is 71.9 Å². The number of carbonyl (C=O) groups excluding carboxylic acids is 1. The monoisotopic (exact) mass is 640 g/mol. The number of nitrogens with one attached hydrogen (secondary N) is 2. The summed E-state index contributed by atoms with van der Waals surface area (Å²) in [6, 6.07) is 20.0. The molecule has 2 heterocycles. The van der Waals surface area contributed by atoms with Gasteiger partial charge in [-0.1, -0.05) is 42.5 Å². The molecule has 10 nitrogen and oxygen atoms in total. The molecule has 1 saturated heterocycles. The summed E-state index contributed by atoms with van der Waals surface area (Å²) >= 11 is 0. The van der Waals surface area contributed by atoms with Crippen LogP contribution in [0.5, 0.6) is 5.75 Å². The molecule has 0 bridgehead atoms. The molecule has 1 aromatic heterocycles. The predicted molar refractivity (Wildman–Crippen MR) is 177 cm³/mol. The number of amides is 1. The van der Waals surface area contributed by atoms with Crippen LogP contribution >= 0.6 is 12.4 Å². The number of carbonyl (C=O) groups is 1. The second-order valence-corrected chi connectivity index (χ2v) is 12.4. The second-order valence-electron chi connectivity index (χ2n) is 10.6. The highest BCUT2D eigenvalue weighted by atomic mass is 35.5. The van der Waals surface area contributed by atoms with Gasteiger partial charge in [-0.25, -0.2) is 8.42 Å². The molecule has 0 saturated carbocycles. The van der Waals surface area contributed by atoms with Gasteiger partial charge in [-0.3, -0.25) is 19.2 Å². The number of para-hydroxylation sites is 2. The molecule has 0 spiro atoms. The van der Waals surface area contributed by atoms with Crippen LogP contribution in [0, 0.1) is 6.92 Å². The summed E-state index contributed by atoms with van der Waals surface area (Å²) in [6.07, 6.45) is 1.73. The third-order valence-electron chi connectivity index (χ3n) is 7.54. The fourth-order valence-electron chi connectivity index (χ4n) is 5.40. The molecule has 2 N–H and O–H groups in total. The Bertz CT molecular complexity index is 1790. The number of benzene rings is 3. The quantitative estimate of drug-likeness (QED) is 0.243. The van der Waals surface area contributed by atoms with Crippen LogP contribution < -0.4 is 25.1 Å². The number of fused-ring (bicyclic) bond motifs is 1. The minimum Gasteiger partial charge on any atom is -0.495 e. The zero-order chi connectivity index (χ0) is 30.6. The molecule has 1 aliphatic rings. The topological polar surface area (TPSA) is 121 Å². The van der Waals surface area contributed by atoms with Crippen LogP contribution in [0.3, 0.4) is 0 Å². The first-order valence-corrected chi connectivity index (χ1v) is 16.1. The van der Waals surface area contributed by atoms with E-state index in [1.54, 1.807) is 14.0 Å². The van der Waals surface area contributed by atoms with E-state index in [1.165, 1.54) is 12.1 Å². The highest BCUT2D eigenvalue weighted by molar-refractivity contribution is 7.92. The van der Waals surface area contributed by atoms with Gasteiger partial charge in [-0.05, 0) is 44.2 Å². The average molecular weight is 641 g/mol. The van der Waals surface area contributed by atoms with Crippen molar-refractivity contribution >= 4 is 50.7 Å². The van der Waals surface area contributed by atoms with Crippen molar-refractivity contribution in [1.29, 1.82) is 0 Å². The predicted octanol–water partition coefficient (Wildman–Crippen LogP) is 4.51. The first-order chi connectivity index (χ1) is 20.6. The molecule has 1 aliphatic heterocycles. The molecule has 1 fully saturated rings. The van der Waals surface area contributed by atoms with Crippen LogP contribution in [0.2, 0.25) is 0 Å². The van der Waals surface area contributed by atoms with Gasteiger partial charge in [0.05, 0.1) is 35.7 Å². The molecule has 4 aromatic rings. The number of hydrogen-bond acceptors (Lipinski definition) is 8. The Morgan fingerprint density at radius 1 is 1.00 bits per heavy atom. The molecule has 1 amide bonds. The van der Waals surface area contributed by atoms with Gasteiger partial charge in [0, 0.05) is 43.9 Å². The zero-order valence-corrected chi connectivity index (χ0v) is 26.6. The van der Waals surface area contributed by atoms with Crippen LogP contribution in [0.4, 0.5) is 11.4 Å². The molecule has 0 atom stereocenters. The van der Waals surface area contributed by atoms with E-state index in [1.807, 2.05) is 48.5 Å². The molecule has 0 aliphatic carbocycles. The van der Waals surface area contributed by atoms with Gasteiger partial charge < -0.3 is 19.4 Å². The maximum atomic E-state index is 13.4. The minimum atomic E-state index is -3.65. The zero-order valence-electron chi connectivity index (χ0n) is 25.0. The maximum absolute atomic E-state index is 13.4. The molecule has 12 heteroatoms. The van der Waals surface area contributed by atoms with Gasteiger partial charge in [0.1, 0.15) is 11.5 Å². The summed E-state index contributed by atoms with van der Waals surface area (Å²) < 4.78 is 38.1. The van der Waals surface area contributed by atoms with E-state index in [0.29, 0.717) is 23.4 Å². The van der Waals surface area contributed by atoms with Crippen molar-refractivity contribution in [3.05, 3.63) is 88.1 Å². The summed E-state index contributed by atoms with van der Waals surface area (Å²) in [7, 11) is -1.97. The Hall–Kier alpha value is -4.06. The maximum Gasteiger partial charge on any atom is 0.255 e. The number of anilines is 2. The van der Waals surface area contributed by atoms with E-state index < -0.39 is 15.9 Å². The van der Waals surface area contributed by atoms with E-state index in [-0.39, 0.29) is 40.1 Å². The Morgan fingerprint density at radius 2 is 1.68 bits per heavy atom. The van der Waals surface area contributed by atoms with Gasteiger partial charge in [0.25, 0.3) is 5.91 Å². The number of piperazine rings is 1. The van der Waals surface area contributed by atoms with Crippen molar-refractivity contribution in [2.45, 2.75) is 13.3 Å². The molecule has 5 rings (SSSR count). The third-order valence-corrected chi connectivity index (χ3v) is 8.14. The second kappa shape index (κ2) is 14.1. The molecule has 0 unspecified atom stereocenters. The number of methoxy groups -OCH3 is 1.